The zero-order valence-corrected chi connectivity index (χ0v) is 15.4. The maximum absolute atomic E-state index is 12.6. The summed E-state index contributed by atoms with van der Waals surface area (Å²) in [6.07, 6.45) is 1.24. The molecule has 0 saturated heterocycles. The van der Waals surface area contributed by atoms with Crippen molar-refractivity contribution < 1.29 is 9.53 Å². The number of aromatic amines is 1. The first-order chi connectivity index (χ1) is 13.0. The number of rotatable bonds is 4. The van der Waals surface area contributed by atoms with Gasteiger partial charge in [-0.15, -0.1) is 0 Å². The maximum Gasteiger partial charge on any atom is 0.345 e. The van der Waals surface area contributed by atoms with Gasteiger partial charge in [0.1, 0.15) is 5.75 Å². The second-order valence-corrected chi connectivity index (χ2v) is 6.12. The van der Waals surface area contributed by atoms with E-state index in [0.29, 0.717) is 33.4 Å². The quantitative estimate of drug-likeness (QED) is 0.671. The molecular weight excluding hydrogens is 368 g/mol. The molecule has 27 heavy (non-hydrogen) atoms. The van der Waals surface area contributed by atoms with Crippen LogP contribution in [0.5, 0.6) is 5.75 Å². The monoisotopic (exact) mass is 384 g/mol. The van der Waals surface area contributed by atoms with Gasteiger partial charge >= 0.3 is 6.03 Å². The second kappa shape index (κ2) is 7.92. The molecule has 3 aromatic rings. The Morgan fingerprint density at radius 1 is 1.26 bits per heavy atom. The molecule has 2 N–H and O–H groups in total. The van der Waals surface area contributed by atoms with Gasteiger partial charge in [0.2, 0.25) is 0 Å². The number of methoxy groups -OCH3 is 1. The average Bonchev–Trinajstić information content (AvgIpc) is 2.94. The van der Waals surface area contributed by atoms with Crippen LogP contribution in [0.4, 0.5) is 10.5 Å². The minimum atomic E-state index is -0.588. The van der Waals surface area contributed by atoms with Crippen LogP contribution in [0, 0.1) is 6.92 Å². The highest BCUT2D eigenvalue weighted by Gasteiger charge is 2.11. The van der Waals surface area contributed by atoms with Gasteiger partial charge in [0, 0.05) is 22.6 Å². The van der Waals surface area contributed by atoms with Crippen molar-refractivity contribution in [3.8, 4) is 11.4 Å². The van der Waals surface area contributed by atoms with Gasteiger partial charge in [0.05, 0.1) is 18.4 Å². The highest BCUT2D eigenvalue weighted by atomic mass is 35.5. The van der Waals surface area contributed by atoms with Crippen molar-refractivity contribution in [1.82, 2.24) is 9.78 Å². The normalized spacial score (nSPS) is 10.9. The number of nitrogens with one attached hydrogen (secondary N) is 2. The van der Waals surface area contributed by atoms with Gasteiger partial charge in [-0.1, -0.05) is 17.7 Å². The number of H-pyrrole nitrogens is 1. The van der Waals surface area contributed by atoms with Crippen LogP contribution in [0.15, 0.2) is 58.3 Å². The lowest BCUT2D eigenvalue weighted by Gasteiger charge is -2.03. The number of aromatic nitrogens is 2. The number of hydrogen-bond donors (Lipinski definition) is 2. The minimum absolute atomic E-state index is 0.292. The molecule has 0 atom stereocenters. The summed E-state index contributed by atoms with van der Waals surface area (Å²) in [4.78, 5) is 28.4. The van der Waals surface area contributed by atoms with Gasteiger partial charge in [0.25, 0.3) is 5.56 Å². The molecular formula is C19H17ClN4O3. The van der Waals surface area contributed by atoms with Crippen LogP contribution in [-0.2, 0) is 0 Å². The lowest BCUT2D eigenvalue weighted by atomic mass is 10.3. The van der Waals surface area contributed by atoms with Gasteiger partial charge in [-0.3, -0.25) is 9.89 Å². The van der Waals surface area contributed by atoms with Gasteiger partial charge in [0.15, 0.2) is 0 Å². The number of ether oxygens (including phenoxy) is 1. The SMILES string of the molecule is COc1ccc(NC(=O)/N=C/c2c(C)[nH]n(-c3cccc(Cl)c3)c2=O)cc1. The Kier molecular flexibility index (Phi) is 5.42. The summed E-state index contributed by atoms with van der Waals surface area (Å²) >= 11 is 5.98. The molecule has 138 valence electrons. The Labute approximate surface area is 160 Å². The standard InChI is InChI=1S/C19H17ClN4O3/c1-12-17(18(25)24(23-12)15-5-3-4-13(20)10-15)11-21-19(26)22-14-6-8-16(27-2)9-7-14/h3-11,23H,1-2H3,(H,22,26)/b21-11+. The molecule has 0 unspecified atom stereocenters. The average molecular weight is 385 g/mol. The molecule has 1 heterocycles. The van der Waals surface area contributed by atoms with E-state index >= 15 is 0 Å². The number of aryl methyl sites for hydroxylation is 1. The Hall–Kier alpha value is -3.32. The number of benzene rings is 2. The van der Waals surface area contributed by atoms with E-state index in [1.807, 2.05) is 0 Å². The predicted molar refractivity (Wildman–Crippen MR) is 106 cm³/mol. The van der Waals surface area contributed by atoms with Crippen LogP contribution in [0.3, 0.4) is 0 Å². The van der Waals surface area contributed by atoms with E-state index < -0.39 is 6.03 Å². The summed E-state index contributed by atoms with van der Waals surface area (Å²) in [5.74, 6) is 0.681. The molecule has 2 aromatic carbocycles. The lowest BCUT2D eigenvalue weighted by Crippen LogP contribution is -2.17. The Morgan fingerprint density at radius 3 is 2.67 bits per heavy atom. The zero-order chi connectivity index (χ0) is 19.4. The molecule has 0 aliphatic carbocycles. The summed E-state index contributed by atoms with van der Waals surface area (Å²) in [6.45, 7) is 1.73. The molecule has 2 amide bonds. The predicted octanol–water partition coefficient (Wildman–Crippen LogP) is 3.79. The molecule has 0 bridgehead atoms. The summed E-state index contributed by atoms with van der Waals surface area (Å²) in [6, 6.07) is 13.1. The first-order valence-corrected chi connectivity index (χ1v) is 8.42. The third-order valence-electron chi connectivity index (χ3n) is 3.84. The van der Waals surface area contributed by atoms with Gasteiger partial charge in [-0.25, -0.2) is 14.5 Å². The van der Waals surface area contributed by atoms with E-state index in [1.165, 1.54) is 10.9 Å². The molecule has 0 radical (unpaired) electrons. The van der Waals surface area contributed by atoms with E-state index in [9.17, 15) is 9.59 Å². The third-order valence-corrected chi connectivity index (χ3v) is 4.07. The van der Waals surface area contributed by atoms with Crippen molar-refractivity contribution >= 4 is 29.5 Å². The first kappa shape index (κ1) is 18.5. The second-order valence-electron chi connectivity index (χ2n) is 5.69. The number of aliphatic imine (C=N–C) groups is 1. The number of urea groups is 1. The number of carbonyl (C=O) groups excluding carboxylic acids is 1. The van der Waals surface area contributed by atoms with E-state index in [2.05, 4.69) is 15.4 Å². The highest BCUT2D eigenvalue weighted by molar-refractivity contribution is 6.30. The van der Waals surface area contributed by atoms with Crippen LogP contribution >= 0.6 is 11.6 Å². The van der Waals surface area contributed by atoms with Crippen molar-refractivity contribution in [3.63, 3.8) is 0 Å². The number of carbonyl (C=O) groups is 1. The summed E-state index contributed by atoms with van der Waals surface area (Å²) < 4.78 is 6.41. The van der Waals surface area contributed by atoms with Crippen molar-refractivity contribution in [2.24, 2.45) is 4.99 Å². The minimum Gasteiger partial charge on any atom is -0.497 e. The molecule has 0 saturated carbocycles. The Bertz CT molecular complexity index is 1050. The molecule has 8 heteroatoms. The van der Waals surface area contributed by atoms with E-state index in [1.54, 1.807) is 62.6 Å². The van der Waals surface area contributed by atoms with E-state index in [4.69, 9.17) is 16.3 Å². The lowest BCUT2D eigenvalue weighted by molar-refractivity contribution is 0.259. The topological polar surface area (TPSA) is 88.5 Å². The zero-order valence-electron chi connectivity index (χ0n) is 14.7. The smallest absolute Gasteiger partial charge is 0.345 e. The number of amides is 2. The molecule has 7 nitrogen and oxygen atoms in total. The fourth-order valence-corrected chi connectivity index (χ4v) is 2.65. The van der Waals surface area contributed by atoms with Gasteiger partial charge < -0.3 is 10.1 Å². The fraction of sp³-hybridized carbons (Fsp3) is 0.105. The van der Waals surface area contributed by atoms with E-state index in [-0.39, 0.29) is 5.56 Å². The van der Waals surface area contributed by atoms with Crippen molar-refractivity contribution in [2.45, 2.75) is 6.92 Å². The van der Waals surface area contributed by atoms with Crippen molar-refractivity contribution in [1.29, 1.82) is 0 Å². The van der Waals surface area contributed by atoms with E-state index in [0.717, 1.165) is 0 Å². The molecule has 1 aromatic heterocycles. The maximum atomic E-state index is 12.6. The summed E-state index contributed by atoms with van der Waals surface area (Å²) in [7, 11) is 1.56. The largest absolute Gasteiger partial charge is 0.497 e. The van der Waals surface area contributed by atoms with Gasteiger partial charge in [-0.05, 0) is 49.4 Å². The molecule has 0 aliphatic rings. The molecule has 0 fully saturated rings. The van der Waals surface area contributed by atoms with Crippen LogP contribution in [0.25, 0.3) is 5.69 Å². The highest BCUT2D eigenvalue weighted by Crippen LogP contribution is 2.15. The van der Waals surface area contributed by atoms with Crippen molar-refractivity contribution in [3.05, 3.63) is 75.2 Å². The first-order valence-electron chi connectivity index (χ1n) is 8.04. The number of hydrogen-bond acceptors (Lipinski definition) is 3. The molecule has 0 spiro atoms. The number of nitrogens with zero attached hydrogens (tertiary/aromatic N) is 2. The fourth-order valence-electron chi connectivity index (χ4n) is 2.46. The van der Waals surface area contributed by atoms with Crippen LogP contribution in [0.1, 0.15) is 11.3 Å². The van der Waals surface area contributed by atoms with Crippen LogP contribution in [-0.4, -0.2) is 29.1 Å². The third kappa shape index (κ3) is 4.27. The van der Waals surface area contributed by atoms with Crippen molar-refractivity contribution in [2.75, 3.05) is 12.4 Å². The number of anilines is 1. The molecule has 0 aliphatic heterocycles. The summed E-state index contributed by atoms with van der Waals surface area (Å²) in [5.41, 5.74) is 1.72. The van der Waals surface area contributed by atoms with Crippen LogP contribution < -0.4 is 15.6 Å². The Morgan fingerprint density at radius 2 is 2.00 bits per heavy atom. The number of halogens is 1. The van der Waals surface area contributed by atoms with Crippen LogP contribution in [0.2, 0.25) is 5.02 Å². The summed E-state index contributed by atoms with van der Waals surface area (Å²) in [5, 5.41) is 6.09. The van der Waals surface area contributed by atoms with Gasteiger partial charge in [-0.2, -0.15) is 0 Å². The molecule has 3 rings (SSSR count). The Balaban J connectivity index is 1.78.